The summed E-state index contributed by atoms with van der Waals surface area (Å²) >= 11 is 0. The van der Waals surface area contributed by atoms with Crippen LogP contribution in [0.4, 0.5) is 0 Å². The first-order valence-electron chi connectivity index (χ1n) is 6.11. The largest absolute Gasteiger partial charge is 0.0619 e. The molecule has 0 radical (unpaired) electrons. The molecular weight excluding hydrogens is 156 g/mol. The molecule has 5 saturated carbocycles. The fourth-order valence-corrected chi connectivity index (χ4v) is 7.56. The summed E-state index contributed by atoms with van der Waals surface area (Å²) in [6.45, 7) is 7.74. The summed E-state index contributed by atoms with van der Waals surface area (Å²) in [6.07, 6.45) is 3.20. The summed E-state index contributed by atoms with van der Waals surface area (Å²) < 4.78 is 0. The van der Waals surface area contributed by atoms with Crippen molar-refractivity contribution >= 4 is 0 Å². The maximum absolute atomic E-state index is 2.63. The van der Waals surface area contributed by atoms with Gasteiger partial charge in [-0.3, -0.25) is 0 Å². The average molecular weight is 174 g/mol. The van der Waals surface area contributed by atoms with E-state index in [2.05, 4.69) is 20.8 Å². The van der Waals surface area contributed by atoms with Crippen molar-refractivity contribution in [3.63, 3.8) is 0 Å². The van der Waals surface area contributed by atoms with E-state index in [0.29, 0.717) is 0 Å². The van der Waals surface area contributed by atoms with Crippen molar-refractivity contribution in [2.24, 2.45) is 45.8 Å². The summed E-state index contributed by atoms with van der Waals surface area (Å²) in [7, 11) is 0. The molecule has 0 aromatic heterocycles. The second kappa shape index (κ2) is 1.19. The first-order valence-corrected chi connectivity index (χ1v) is 6.11. The third-order valence-corrected chi connectivity index (χ3v) is 8.03. The zero-order valence-electron chi connectivity index (χ0n) is 8.80. The van der Waals surface area contributed by atoms with Crippen molar-refractivity contribution in [3.8, 4) is 0 Å². The Kier molecular flexibility index (Phi) is 0.591. The van der Waals surface area contributed by atoms with E-state index < -0.39 is 0 Å². The first kappa shape index (κ1) is 6.48. The van der Waals surface area contributed by atoms with Crippen LogP contribution in [-0.2, 0) is 0 Å². The van der Waals surface area contributed by atoms with E-state index in [9.17, 15) is 0 Å². The van der Waals surface area contributed by atoms with Gasteiger partial charge in [0.05, 0.1) is 0 Å². The molecule has 0 saturated heterocycles. The molecule has 5 fully saturated rings. The van der Waals surface area contributed by atoms with E-state index in [1.165, 1.54) is 23.7 Å². The Labute approximate surface area is 80.1 Å². The van der Waals surface area contributed by atoms with Crippen LogP contribution in [0.2, 0.25) is 0 Å². The Bertz CT molecular complexity index is 359. The van der Waals surface area contributed by atoms with Gasteiger partial charge < -0.3 is 0 Å². The Balaban J connectivity index is 1.74. The normalized spacial score (nSPS) is 90.2. The minimum Gasteiger partial charge on any atom is -0.0619 e. The van der Waals surface area contributed by atoms with Crippen LogP contribution in [0, 0.1) is 45.8 Å². The van der Waals surface area contributed by atoms with Crippen molar-refractivity contribution < 1.29 is 0 Å². The van der Waals surface area contributed by atoms with Crippen LogP contribution >= 0.6 is 0 Å². The van der Waals surface area contributed by atoms with Crippen LogP contribution in [0.5, 0.6) is 0 Å². The molecule has 5 aliphatic rings. The highest BCUT2D eigenvalue weighted by Crippen LogP contribution is 3.10. The van der Waals surface area contributed by atoms with Crippen molar-refractivity contribution in [1.82, 2.24) is 0 Å². The van der Waals surface area contributed by atoms with E-state index >= 15 is 0 Å². The average Bonchev–Trinajstić information content (AvgIpc) is 2.50. The molecule has 8 unspecified atom stereocenters. The lowest BCUT2D eigenvalue weighted by Gasteiger charge is -2.80. The summed E-state index contributed by atoms with van der Waals surface area (Å²) in [5, 5.41) is 0. The van der Waals surface area contributed by atoms with Gasteiger partial charge in [-0.25, -0.2) is 0 Å². The molecule has 0 aromatic rings. The first-order chi connectivity index (χ1) is 6.11. The van der Waals surface area contributed by atoms with Crippen LogP contribution in [0.1, 0.15) is 33.6 Å². The standard InChI is InChI=1S/C13H18/c1-6-4-7-10-8-5-9-12(8,3)13(9,10)11(6,7)2/h6-10H,4-5H2,1-3H3. The van der Waals surface area contributed by atoms with Crippen molar-refractivity contribution in [2.75, 3.05) is 0 Å². The second-order valence-corrected chi connectivity index (χ2v) is 7.10. The lowest BCUT2D eigenvalue weighted by Crippen LogP contribution is -2.75. The van der Waals surface area contributed by atoms with Crippen LogP contribution in [0.3, 0.4) is 0 Å². The lowest BCUT2D eigenvalue weighted by atomic mass is 9.24. The molecule has 0 nitrogen and oxygen atoms in total. The Morgan fingerprint density at radius 1 is 1.00 bits per heavy atom. The summed E-state index contributed by atoms with van der Waals surface area (Å²) in [5.41, 5.74) is 2.63. The third-order valence-electron chi connectivity index (χ3n) is 8.03. The topological polar surface area (TPSA) is 0 Å². The molecule has 0 aliphatic heterocycles. The van der Waals surface area contributed by atoms with Gasteiger partial charge in [-0.1, -0.05) is 20.8 Å². The van der Waals surface area contributed by atoms with Gasteiger partial charge in [0.15, 0.2) is 0 Å². The highest BCUT2D eigenvalue weighted by molar-refractivity contribution is 5.52. The van der Waals surface area contributed by atoms with Crippen molar-refractivity contribution in [1.29, 1.82) is 0 Å². The fourth-order valence-electron chi connectivity index (χ4n) is 7.56. The molecule has 0 bridgehead atoms. The lowest BCUT2D eigenvalue weighted by molar-refractivity contribution is -0.328. The van der Waals surface area contributed by atoms with Gasteiger partial charge in [0.1, 0.15) is 0 Å². The monoisotopic (exact) mass is 174 g/mol. The second-order valence-electron chi connectivity index (χ2n) is 7.10. The van der Waals surface area contributed by atoms with E-state index in [1.54, 1.807) is 12.8 Å². The van der Waals surface area contributed by atoms with Gasteiger partial charge in [0.25, 0.3) is 0 Å². The van der Waals surface area contributed by atoms with Gasteiger partial charge in [-0.15, -0.1) is 0 Å². The highest BCUT2D eigenvalue weighted by atomic mass is 15.1. The van der Waals surface area contributed by atoms with E-state index in [1.807, 2.05) is 0 Å². The molecule has 0 amide bonds. The molecule has 0 heterocycles. The number of fused-ring (bicyclic) bond motifs is 3. The molecule has 13 heavy (non-hydrogen) atoms. The molecule has 5 aliphatic carbocycles. The van der Waals surface area contributed by atoms with Crippen molar-refractivity contribution in [2.45, 2.75) is 33.6 Å². The zero-order valence-corrected chi connectivity index (χ0v) is 8.80. The van der Waals surface area contributed by atoms with Gasteiger partial charge in [-0.05, 0) is 58.7 Å². The van der Waals surface area contributed by atoms with Crippen LogP contribution in [0.25, 0.3) is 0 Å². The number of hydrogen-bond donors (Lipinski definition) is 0. The Hall–Kier alpha value is 0. The van der Waals surface area contributed by atoms with E-state index in [0.717, 1.165) is 22.2 Å². The number of rotatable bonds is 0. The molecule has 0 aromatic carbocycles. The van der Waals surface area contributed by atoms with Gasteiger partial charge in [-0.2, -0.15) is 0 Å². The maximum atomic E-state index is 2.63. The minimum absolute atomic E-state index is 0.823. The van der Waals surface area contributed by atoms with Gasteiger partial charge in [0.2, 0.25) is 0 Å². The zero-order chi connectivity index (χ0) is 8.80. The maximum Gasteiger partial charge on any atom is -0.0111 e. The van der Waals surface area contributed by atoms with E-state index in [4.69, 9.17) is 0 Å². The molecule has 0 N–H and O–H groups in total. The van der Waals surface area contributed by atoms with Gasteiger partial charge in [0, 0.05) is 0 Å². The summed E-state index contributed by atoms with van der Waals surface area (Å²) in [5.74, 6) is 5.84. The highest BCUT2D eigenvalue weighted by Gasteiger charge is 3.06. The molecule has 1 spiro atoms. The van der Waals surface area contributed by atoms with Crippen LogP contribution in [-0.4, -0.2) is 0 Å². The van der Waals surface area contributed by atoms with Crippen molar-refractivity contribution in [3.05, 3.63) is 0 Å². The Morgan fingerprint density at radius 3 is 2.31 bits per heavy atom. The molecular formula is C13H18. The summed E-state index contributed by atoms with van der Waals surface area (Å²) in [6, 6.07) is 0. The van der Waals surface area contributed by atoms with E-state index in [-0.39, 0.29) is 0 Å². The third kappa shape index (κ3) is 0.260. The SMILES string of the molecule is CC1CC2C3C4CC5C4(C)C35C12C. The predicted octanol–water partition coefficient (Wildman–Crippen LogP) is 2.93. The molecule has 5 rings (SSSR count). The molecule has 70 valence electrons. The Morgan fingerprint density at radius 2 is 1.69 bits per heavy atom. The minimum atomic E-state index is 0.823. The molecule has 0 heteroatoms. The smallest absolute Gasteiger partial charge is 0.0111 e. The van der Waals surface area contributed by atoms with Crippen LogP contribution < -0.4 is 0 Å². The van der Waals surface area contributed by atoms with Crippen LogP contribution in [0.15, 0.2) is 0 Å². The predicted molar refractivity (Wildman–Crippen MR) is 51.0 cm³/mol. The van der Waals surface area contributed by atoms with Gasteiger partial charge >= 0.3 is 0 Å². The summed E-state index contributed by atoms with van der Waals surface area (Å²) in [4.78, 5) is 0. The number of hydrogen-bond acceptors (Lipinski definition) is 0. The quantitative estimate of drug-likeness (QED) is 0.529. The molecule has 8 atom stereocenters. The fraction of sp³-hybridized carbons (Fsp3) is 1.00.